The Kier molecular flexibility index (Phi) is 16.8. The van der Waals surface area contributed by atoms with Crippen LogP contribution in [0.15, 0.2) is 55.6 Å². The first-order valence-corrected chi connectivity index (χ1v) is 14.6. The largest absolute Gasteiger partial charge is 0.382 e. The van der Waals surface area contributed by atoms with Crippen LogP contribution < -0.4 is 0 Å². The highest BCUT2D eigenvalue weighted by Gasteiger charge is 2.38. The lowest BCUT2D eigenvalue weighted by Gasteiger charge is -2.40. The molecule has 198 valence electrons. The van der Waals surface area contributed by atoms with E-state index in [0.717, 1.165) is 44.1 Å². The van der Waals surface area contributed by atoms with Crippen molar-refractivity contribution in [3.8, 4) is 0 Å². The zero-order valence-corrected chi connectivity index (χ0v) is 23.0. The van der Waals surface area contributed by atoms with E-state index in [9.17, 15) is 0 Å². The van der Waals surface area contributed by atoms with Crippen LogP contribution >= 0.6 is 23.5 Å². The summed E-state index contributed by atoms with van der Waals surface area (Å²) in [5, 5.41) is 0. The van der Waals surface area contributed by atoms with Crippen molar-refractivity contribution in [1.29, 1.82) is 0 Å². The lowest BCUT2D eigenvalue weighted by atomic mass is 10.0. The first kappa shape index (κ1) is 30.4. The van der Waals surface area contributed by atoms with Gasteiger partial charge in [0.05, 0.1) is 36.1 Å². The molecule has 0 spiro atoms. The van der Waals surface area contributed by atoms with E-state index in [0.29, 0.717) is 33.4 Å². The fourth-order valence-electron chi connectivity index (χ4n) is 3.95. The fourth-order valence-corrected chi connectivity index (χ4v) is 7.50. The van der Waals surface area contributed by atoms with Gasteiger partial charge in [-0.3, -0.25) is 0 Å². The number of ether oxygens (including phenoxy) is 5. The second-order valence-electron chi connectivity index (χ2n) is 8.65. The highest BCUT2D eigenvalue weighted by atomic mass is 32.2. The quantitative estimate of drug-likeness (QED) is 0.0992. The smallest absolute Gasteiger partial charge is 0.147 e. The van der Waals surface area contributed by atoms with Gasteiger partial charge in [0.25, 0.3) is 0 Å². The summed E-state index contributed by atoms with van der Waals surface area (Å²) in [5.74, 6) is 2.34. The van der Waals surface area contributed by atoms with Crippen molar-refractivity contribution in [3.63, 3.8) is 0 Å². The Morgan fingerprint density at radius 3 is 2.06 bits per heavy atom. The van der Waals surface area contributed by atoms with Crippen LogP contribution in [-0.2, 0) is 30.3 Å². The van der Waals surface area contributed by atoms with Crippen molar-refractivity contribution in [2.45, 2.75) is 67.8 Å². The number of thioether (sulfide) groups is 2. The molecule has 5 nitrogen and oxygen atoms in total. The summed E-state index contributed by atoms with van der Waals surface area (Å²) in [5.41, 5.74) is 1.16. The van der Waals surface area contributed by atoms with Crippen molar-refractivity contribution in [3.05, 3.63) is 61.2 Å². The van der Waals surface area contributed by atoms with E-state index < -0.39 is 0 Å². The van der Waals surface area contributed by atoms with E-state index in [4.69, 9.17) is 23.7 Å². The van der Waals surface area contributed by atoms with Crippen LogP contribution in [0.3, 0.4) is 0 Å². The molecule has 0 radical (unpaired) electrons. The van der Waals surface area contributed by atoms with Gasteiger partial charge in [0, 0.05) is 7.11 Å². The van der Waals surface area contributed by atoms with E-state index in [1.165, 1.54) is 17.9 Å². The summed E-state index contributed by atoms with van der Waals surface area (Å²) in [7, 11) is 1.68. The molecule has 1 saturated heterocycles. The summed E-state index contributed by atoms with van der Waals surface area (Å²) in [6.45, 7) is 10.1. The summed E-state index contributed by atoms with van der Waals surface area (Å²) in [6, 6.07) is 10.2. The molecule has 1 fully saturated rings. The molecule has 1 heterocycles. The Balaban J connectivity index is 1.96. The number of benzene rings is 1. The van der Waals surface area contributed by atoms with Gasteiger partial charge in [-0.1, -0.05) is 42.5 Å². The third-order valence-corrected chi connectivity index (χ3v) is 9.21. The molecule has 1 aromatic carbocycles. The van der Waals surface area contributed by atoms with Crippen molar-refractivity contribution in [1.82, 2.24) is 0 Å². The molecule has 2 atom stereocenters. The Labute approximate surface area is 221 Å². The van der Waals surface area contributed by atoms with Crippen molar-refractivity contribution < 1.29 is 23.7 Å². The normalized spacial score (nSPS) is 17.1. The van der Waals surface area contributed by atoms with Gasteiger partial charge in [-0.15, -0.1) is 36.7 Å². The number of rotatable bonds is 21. The average Bonchev–Trinajstić information content (AvgIpc) is 2.89. The molecule has 0 N–H and O–H groups in total. The molecule has 1 aliphatic heterocycles. The van der Waals surface area contributed by atoms with Crippen molar-refractivity contribution in [2.75, 3.05) is 45.4 Å². The van der Waals surface area contributed by atoms with E-state index in [-0.39, 0.29) is 16.3 Å². The molecule has 0 saturated carbocycles. The molecule has 1 aliphatic rings. The zero-order valence-electron chi connectivity index (χ0n) is 21.4. The van der Waals surface area contributed by atoms with Crippen LogP contribution in [0.5, 0.6) is 0 Å². The predicted octanol–water partition coefficient (Wildman–Crippen LogP) is 6.83. The van der Waals surface area contributed by atoms with Crippen molar-refractivity contribution in [2.24, 2.45) is 0 Å². The van der Waals surface area contributed by atoms with E-state index in [1.54, 1.807) is 7.11 Å². The third kappa shape index (κ3) is 13.4. The number of hydrogen-bond acceptors (Lipinski definition) is 7. The van der Waals surface area contributed by atoms with Gasteiger partial charge in [0.15, 0.2) is 0 Å². The maximum absolute atomic E-state index is 6.29. The maximum Gasteiger partial charge on any atom is 0.147 e. The molecule has 7 heteroatoms. The lowest BCUT2D eigenvalue weighted by molar-refractivity contribution is -0.108. The minimum Gasteiger partial charge on any atom is -0.382 e. The van der Waals surface area contributed by atoms with Crippen LogP contribution in [0.25, 0.3) is 0 Å². The minimum atomic E-state index is 0.0574. The average molecular weight is 525 g/mol. The summed E-state index contributed by atoms with van der Waals surface area (Å²) >= 11 is 4.13. The fraction of sp³-hybridized carbons (Fsp3) is 0.643. The van der Waals surface area contributed by atoms with E-state index in [2.05, 4.69) is 48.8 Å². The van der Waals surface area contributed by atoms with Crippen LogP contribution in [0, 0.1) is 0 Å². The molecule has 2 unspecified atom stereocenters. The van der Waals surface area contributed by atoms with Crippen LogP contribution in [0.2, 0.25) is 0 Å². The third-order valence-electron chi connectivity index (χ3n) is 5.80. The molecule has 0 amide bonds. The highest BCUT2D eigenvalue weighted by Crippen LogP contribution is 2.50. The Morgan fingerprint density at radius 1 is 0.886 bits per heavy atom. The Hall–Kier alpha value is -0.800. The Morgan fingerprint density at radius 2 is 1.49 bits per heavy atom. The van der Waals surface area contributed by atoms with Crippen LogP contribution in [-0.4, -0.2) is 61.7 Å². The van der Waals surface area contributed by atoms with Gasteiger partial charge in [-0.05, 0) is 62.0 Å². The maximum atomic E-state index is 6.29. The van der Waals surface area contributed by atoms with Crippen molar-refractivity contribution >= 4 is 23.5 Å². The van der Waals surface area contributed by atoms with Gasteiger partial charge in [0.1, 0.15) is 13.6 Å². The number of methoxy groups -OCH3 is 1. The first-order valence-electron chi connectivity index (χ1n) is 12.6. The van der Waals surface area contributed by atoms with Gasteiger partial charge in [-0.2, -0.15) is 0 Å². The summed E-state index contributed by atoms with van der Waals surface area (Å²) < 4.78 is 29.1. The molecule has 2 rings (SSSR count). The second-order valence-corrected chi connectivity index (χ2v) is 11.9. The lowest BCUT2D eigenvalue weighted by Crippen LogP contribution is -2.36. The van der Waals surface area contributed by atoms with Gasteiger partial charge in [-0.25, -0.2) is 0 Å². The Bertz CT molecular complexity index is 667. The highest BCUT2D eigenvalue weighted by molar-refractivity contribution is 8.18. The molecule has 0 bridgehead atoms. The molecule has 1 aromatic rings. The first-order chi connectivity index (χ1) is 17.2. The molecular weight excluding hydrogens is 480 g/mol. The monoisotopic (exact) mass is 524 g/mol. The van der Waals surface area contributed by atoms with Gasteiger partial charge < -0.3 is 23.7 Å². The minimum absolute atomic E-state index is 0.0574. The molecule has 35 heavy (non-hydrogen) atoms. The second kappa shape index (κ2) is 19.3. The van der Waals surface area contributed by atoms with Gasteiger partial charge >= 0.3 is 0 Å². The van der Waals surface area contributed by atoms with Crippen LogP contribution in [0.4, 0.5) is 0 Å². The topological polar surface area (TPSA) is 46.2 Å². The summed E-state index contributed by atoms with van der Waals surface area (Å²) in [4.78, 5) is 0. The van der Waals surface area contributed by atoms with E-state index >= 15 is 0 Å². The van der Waals surface area contributed by atoms with Gasteiger partial charge in [0.2, 0.25) is 0 Å². The standard InChI is InChI=1S/C28H44O5S2/c1-4-6-14-26(32-23-30-17-16-29-3)20-28(34-18-11-19-35-28)21-27(15-7-5-2)33-24-31-22-25-12-9-8-10-13-25/h4-5,8-10,12-13,26-27H,1-2,6-7,11,14-24H2,3H3. The number of allylic oxidation sites excluding steroid dienone is 2. The zero-order chi connectivity index (χ0) is 25.0. The molecule has 0 aromatic heterocycles. The summed E-state index contributed by atoms with van der Waals surface area (Å²) in [6.07, 6.45) is 11.1. The molecular formula is C28H44O5S2. The molecule has 0 aliphatic carbocycles. The number of hydrogen-bond donors (Lipinski definition) is 0. The predicted molar refractivity (Wildman–Crippen MR) is 149 cm³/mol. The SMILES string of the molecule is C=CCCC(CC1(CC(CCC=C)OCOCc2ccccc2)SCCCS1)OCOCCOC. The van der Waals surface area contributed by atoms with Crippen LogP contribution in [0.1, 0.15) is 50.5 Å². The van der Waals surface area contributed by atoms with E-state index in [1.807, 2.05) is 30.4 Å².